The van der Waals surface area contributed by atoms with Crippen LogP contribution in [0.5, 0.6) is 0 Å². The van der Waals surface area contributed by atoms with Gasteiger partial charge in [0.25, 0.3) is 0 Å². The Hall–Kier alpha value is -0.470. The Bertz CT molecular complexity index is 373. The molecule has 92 valence electrons. The molecule has 0 spiro atoms. The predicted molar refractivity (Wildman–Crippen MR) is 75.5 cm³/mol. The van der Waals surface area contributed by atoms with Crippen LogP contribution in [0.25, 0.3) is 0 Å². The Kier molecular flexibility index (Phi) is 3.44. The molecule has 0 bridgehead atoms. The lowest BCUT2D eigenvalue weighted by Gasteiger charge is -2.23. The molecular formula is C15H21NS. The Morgan fingerprint density at radius 2 is 1.88 bits per heavy atom. The highest BCUT2D eigenvalue weighted by Gasteiger charge is 2.38. The third-order valence-corrected chi connectivity index (χ3v) is 5.42. The van der Waals surface area contributed by atoms with Gasteiger partial charge in [0.2, 0.25) is 0 Å². The van der Waals surface area contributed by atoms with Crippen LogP contribution in [-0.2, 0) is 6.54 Å². The van der Waals surface area contributed by atoms with Crippen molar-refractivity contribution in [2.75, 3.05) is 13.1 Å². The molecule has 2 aliphatic rings. The zero-order chi connectivity index (χ0) is 11.7. The van der Waals surface area contributed by atoms with E-state index in [-0.39, 0.29) is 0 Å². The van der Waals surface area contributed by atoms with Crippen LogP contribution < -0.4 is 0 Å². The molecular weight excluding hydrogens is 226 g/mol. The fraction of sp³-hybridized carbons (Fsp3) is 0.600. The summed E-state index contributed by atoms with van der Waals surface area (Å²) in [5.74, 6) is 0. The molecule has 0 amide bonds. The molecule has 1 aromatic carbocycles. The van der Waals surface area contributed by atoms with Crippen LogP contribution >= 0.6 is 11.8 Å². The predicted octanol–water partition coefficient (Wildman–Crippen LogP) is 3.46. The van der Waals surface area contributed by atoms with E-state index in [1.807, 2.05) is 0 Å². The van der Waals surface area contributed by atoms with Crippen molar-refractivity contribution in [2.24, 2.45) is 0 Å². The second-order valence-electron chi connectivity index (χ2n) is 5.41. The molecule has 17 heavy (non-hydrogen) atoms. The number of fused-ring (bicyclic) bond motifs is 1. The largest absolute Gasteiger partial charge is 0.299 e. The minimum absolute atomic E-state index is 0.996. The number of thioether (sulfide) groups is 1. The Balaban J connectivity index is 1.57. The van der Waals surface area contributed by atoms with Crippen LogP contribution in [0.1, 0.15) is 30.4 Å². The monoisotopic (exact) mass is 247 g/mol. The van der Waals surface area contributed by atoms with Crippen LogP contribution in [0, 0.1) is 6.92 Å². The molecule has 1 aromatic rings. The number of aryl methyl sites for hydroxylation is 1. The standard InChI is InChI=1S/C15H21NS/c1-12-4-6-13(7-5-12)11-16-9-2-3-14-15(17-14)8-10-16/h4-7,14-15H,2-3,8-11H2,1H3. The van der Waals surface area contributed by atoms with Gasteiger partial charge >= 0.3 is 0 Å². The van der Waals surface area contributed by atoms with Gasteiger partial charge in [0, 0.05) is 17.0 Å². The minimum atomic E-state index is 0.996. The van der Waals surface area contributed by atoms with Crippen molar-refractivity contribution < 1.29 is 0 Å². The van der Waals surface area contributed by atoms with E-state index in [2.05, 4.69) is 47.9 Å². The quantitative estimate of drug-likeness (QED) is 0.736. The van der Waals surface area contributed by atoms with Crippen molar-refractivity contribution in [3.05, 3.63) is 35.4 Å². The van der Waals surface area contributed by atoms with Crippen LogP contribution in [0.3, 0.4) is 0 Å². The molecule has 0 aromatic heterocycles. The average Bonchev–Trinajstić information content (AvgIpc) is 3.03. The van der Waals surface area contributed by atoms with Gasteiger partial charge in [0.15, 0.2) is 0 Å². The highest BCUT2D eigenvalue weighted by molar-refractivity contribution is 8.07. The summed E-state index contributed by atoms with van der Waals surface area (Å²) < 4.78 is 0. The maximum atomic E-state index is 2.64. The first kappa shape index (κ1) is 11.6. The summed E-state index contributed by atoms with van der Waals surface area (Å²) in [7, 11) is 0. The summed E-state index contributed by atoms with van der Waals surface area (Å²) in [6.07, 6.45) is 4.24. The molecule has 0 saturated carbocycles. The molecule has 2 unspecified atom stereocenters. The molecule has 2 aliphatic heterocycles. The third kappa shape index (κ3) is 3.05. The van der Waals surface area contributed by atoms with Crippen LogP contribution in [0.4, 0.5) is 0 Å². The van der Waals surface area contributed by atoms with E-state index in [1.54, 1.807) is 0 Å². The molecule has 0 N–H and O–H groups in total. The van der Waals surface area contributed by atoms with Gasteiger partial charge in [-0.1, -0.05) is 29.8 Å². The molecule has 0 aliphatic carbocycles. The van der Waals surface area contributed by atoms with E-state index in [0.717, 1.165) is 17.0 Å². The lowest BCUT2D eigenvalue weighted by Crippen LogP contribution is -2.28. The third-order valence-electron chi connectivity index (χ3n) is 3.91. The van der Waals surface area contributed by atoms with Gasteiger partial charge in [-0.3, -0.25) is 4.90 Å². The number of hydrogen-bond donors (Lipinski definition) is 0. The van der Waals surface area contributed by atoms with Crippen molar-refractivity contribution in [1.29, 1.82) is 0 Å². The Morgan fingerprint density at radius 3 is 2.71 bits per heavy atom. The van der Waals surface area contributed by atoms with Gasteiger partial charge in [-0.05, 0) is 44.8 Å². The second kappa shape index (κ2) is 5.03. The summed E-state index contributed by atoms with van der Waals surface area (Å²) in [6.45, 7) is 5.88. The van der Waals surface area contributed by atoms with E-state index in [9.17, 15) is 0 Å². The maximum Gasteiger partial charge on any atom is 0.0233 e. The molecule has 2 heteroatoms. The van der Waals surface area contributed by atoms with Gasteiger partial charge in [-0.25, -0.2) is 0 Å². The molecule has 3 rings (SSSR count). The lowest BCUT2D eigenvalue weighted by molar-refractivity contribution is 0.248. The number of hydrogen-bond acceptors (Lipinski definition) is 2. The first-order valence-corrected chi connectivity index (χ1v) is 7.69. The topological polar surface area (TPSA) is 3.24 Å². The molecule has 2 saturated heterocycles. The average molecular weight is 247 g/mol. The maximum absolute atomic E-state index is 2.64. The van der Waals surface area contributed by atoms with Crippen LogP contribution in [-0.4, -0.2) is 28.5 Å². The van der Waals surface area contributed by atoms with Gasteiger partial charge in [-0.2, -0.15) is 11.8 Å². The van der Waals surface area contributed by atoms with Gasteiger partial charge in [0.05, 0.1) is 0 Å². The van der Waals surface area contributed by atoms with Gasteiger partial charge < -0.3 is 0 Å². The lowest BCUT2D eigenvalue weighted by atomic mass is 10.1. The van der Waals surface area contributed by atoms with E-state index in [0.29, 0.717) is 0 Å². The number of likely N-dealkylation sites (tertiary alicyclic amines) is 1. The zero-order valence-corrected chi connectivity index (χ0v) is 11.4. The van der Waals surface area contributed by atoms with Crippen molar-refractivity contribution in [3.8, 4) is 0 Å². The van der Waals surface area contributed by atoms with Gasteiger partial charge in [0.1, 0.15) is 0 Å². The van der Waals surface area contributed by atoms with Gasteiger partial charge in [-0.15, -0.1) is 0 Å². The number of benzene rings is 1. The fourth-order valence-electron chi connectivity index (χ4n) is 2.73. The fourth-order valence-corrected chi connectivity index (χ4v) is 3.91. The van der Waals surface area contributed by atoms with Crippen LogP contribution in [0.15, 0.2) is 24.3 Å². The highest BCUT2D eigenvalue weighted by Crippen LogP contribution is 2.47. The second-order valence-corrected chi connectivity index (χ2v) is 6.89. The normalized spacial score (nSPS) is 29.2. The van der Waals surface area contributed by atoms with Crippen molar-refractivity contribution >= 4 is 11.8 Å². The van der Waals surface area contributed by atoms with E-state index in [1.165, 1.54) is 43.5 Å². The molecule has 2 heterocycles. The number of nitrogens with zero attached hydrogens (tertiary/aromatic N) is 1. The summed E-state index contributed by atoms with van der Waals surface area (Å²) in [6, 6.07) is 9.02. The minimum Gasteiger partial charge on any atom is -0.299 e. The summed E-state index contributed by atoms with van der Waals surface area (Å²) >= 11 is 2.21. The molecule has 2 atom stereocenters. The first-order chi connectivity index (χ1) is 8.31. The van der Waals surface area contributed by atoms with Crippen LogP contribution in [0.2, 0.25) is 0 Å². The summed E-state index contributed by atoms with van der Waals surface area (Å²) in [5.41, 5.74) is 2.83. The van der Waals surface area contributed by atoms with E-state index >= 15 is 0 Å². The molecule has 1 nitrogen and oxygen atoms in total. The first-order valence-electron chi connectivity index (χ1n) is 6.74. The highest BCUT2D eigenvalue weighted by atomic mass is 32.2. The summed E-state index contributed by atoms with van der Waals surface area (Å²) in [5, 5.41) is 2.02. The van der Waals surface area contributed by atoms with Crippen molar-refractivity contribution in [2.45, 2.75) is 43.2 Å². The SMILES string of the molecule is Cc1ccc(CN2CCCC3SC3CC2)cc1. The Morgan fingerprint density at radius 1 is 1.12 bits per heavy atom. The van der Waals surface area contributed by atoms with Crippen molar-refractivity contribution in [1.82, 2.24) is 4.90 Å². The summed E-state index contributed by atoms with van der Waals surface area (Å²) in [4.78, 5) is 2.64. The van der Waals surface area contributed by atoms with Crippen molar-refractivity contribution in [3.63, 3.8) is 0 Å². The Labute approximate surface area is 109 Å². The van der Waals surface area contributed by atoms with E-state index < -0.39 is 0 Å². The zero-order valence-electron chi connectivity index (χ0n) is 10.6. The molecule has 2 fully saturated rings. The molecule has 0 radical (unpaired) electrons. The number of rotatable bonds is 2. The smallest absolute Gasteiger partial charge is 0.0233 e. The van der Waals surface area contributed by atoms with E-state index in [4.69, 9.17) is 0 Å².